The topological polar surface area (TPSA) is 67.9 Å². The van der Waals surface area contributed by atoms with Gasteiger partial charge in [0.05, 0.1) is 4.88 Å². The third-order valence-electron chi connectivity index (χ3n) is 4.31. The second-order valence-electron chi connectivity index (χ2n) is 7.39. The van der Waals surface area contributed by atoms with Crippen molar-refractivity contribution in [1.82, 2.24) is 5.01 Å². The number of benzene rings is 1. The van der Waals surface area contributed by atoms with Gasteiger partial charge in [-0.15, -0.1) is 41.3 Å². The van der Waals surface area contributed by atoms with Gasteiger partial charge in [-0.2, -0.15) is 5.01 Å². The lowest BCUT2D eigenvalue weighted by Gasteiger charge is -2.38. The molecule has 1 atom stereocenters. The molecule has 0 radical (unpaired) electrons. The number of rotatable bonds is 5. The van der Waals surface area contributed by atoms with Gasteiger partial charge in [-0.3, -0.25) is 4.79 Å². The van der Waals surface area contributed by atoms with Crippen LogP contribution >= 0.6 is 36.2 Å². The fraction of sp³-hybridized carbons (Fsp3) is 0.400. The maximum atomic E-state index is 13.2. The Kier molecular flexibility index (Phi) is 8.50. The van der Waals surface area contributed by atoms with E-state index >= 15 is 0 Å². The molecular weight excluding hydrogens is 417 g/mol. The highest BCUT2D eigenvalue weighted by Crippen LogP contribution is 2.43. The Balaban J connectivity index is 0.00000196. The van der Waals surface area contributed by atoms with Crippen LogP contribution in [-0.2, 0) is 15.3 Å². The molecule has 8 heteroatoms. The quantitative estimate of drug-likeness (QED) is 0.724. The number of halogens is 2. The third kappa shape index (κ3) is 4.69. The summed E-state index contributed by atoms with van der Waals surface area (Å²) in [6.07, 6.45) is 1.30. The lowest BCUT2D eigenvalue weighted by Crippen LogP contribution is -2.49. The molecule has 0 bridgehead atoms. The van der Waals surface area contributed by atoms with Gasteiger partial charge < -0.3 is 10.5 Å². The summed E-state index contributed by atoms with van der Waals surface area (Å²) in [4.78, 5) is 14.1. The average molecular weight is 444 g/mol. The Morgan fingerprint density at radius 3 is 2.39 bits per heavy atom. The normalized spacial score (nSPS) is 18.6. The van der Waals surface area contributed by atoms with Crippen LogP contribution in [0.15, 0.2) is 52.9 Å². The first-order chi connectivity index (χ1) is 12.4. The van der Waals surface area contributed by atoms with Gasteiger partial charge in [-0.25, -0.2) is 0 Å². The van der Waals surface area contributed by atoms with E-state index in [-0.39, 0.29) is 30.7 Å². The van der Waals surface area contributed by atoms with Crippen LogP contribution in [0.3, 0.4) is 0 Å². The summed E-state index contributed by atoms with van der Waals surface area (Å²) >= 11 is 1.54. The standard InChI is InChI=1S/C20H25N3O2S.2ClH/c1-19(2,3)18(24)23-20(12-8-13-21,15-9-5-4-6-10-15)25-17(22-23)16-11-7-14-26-16;;/h4-7,9-11,14H,8,12-13,21H2,1-3H3;2*1H. The van der Waals surface area contributed by atoms with E-state index in [1.54, 1.807) is 11.3 Å². The van der Waals surface area contributed by atoms with E-state index in [2.05, 4.69) is 5.10 Å². The summed E-state index contributed by atoms with van der Waals surface area (Å²) in [7, 11) is 0. The Bertz CT molecular complexity index is 792. The minimum Gasteiger partial charge on any atom is -0.442 e. The SMILES string of the molecule is CC(C)(C)C(=O)N1N=C(c2cccs2)OC1(CCCN)c1ccccc1.Cl.Cl. The number of hydrogen-bond acceptors (Lipinski definition) is 5. The number of hydrogen-bond donors (Lipinski definition) is 1. The number of hydrazone groups is 1. The van der Waals surface area contributed by atoms with Gasteiger partial charge >= 0.3 is 0 Å². The van der Waals surface area contributed by atoms with E-state index in [0.717, 1.165) is 16.9 Å². The van der Waals surface area contributed by atoms with E-state index in [4.69, 9.17) is 10.5 Å². The molecular formula is C20H27Cl2N3O2S. The number of carbonyl (C=O) groups excluding carboxylic acids is 1. The van der Waals surface area contributed by atoms with Gasteiger partial charge in [-0.05, 0) is 24.4 Å². The van der Waals surface area contributed by atoms with E-state index < -0.39 is 11.1 Å². The Morgan fingerprint density at radius 1 is 1.18 bits per heavy atom. The zero-order chi connectivity index (χ0) is 18.8. The van der Waals surface area contributed by atoms with E-state index in [0.29, 0.717) is 18.9 Å². The highest BCUT2D eigenvalue weighted by atomic mass is 35.5. The molecule has 2 N–H and O–H groups in total. The van der Waals surface area contributed by atoms with Crippen LogP contribution in [0, 0.1) is 5.41 Å². The largest absolute Gasteiger partial charge is 0.442 e. The fourth-order valence-electron chi connectivity index (χ4n) is 2.94. The molecule has 1 amide bonds. The predicted octanol–water partition coefficient (Wildman–Crippen LogP) is 4.75. The first-order valence-electron chi connectivity index (χ1n) is 8.80. The van der Waals surface area contributed by atoms with Crippen molar-refractivity contribution in [2.75, 3.05) is 6.54 Å². The smallest absolute Gasteiger partial charge is 0.251 e. The summed E-state index contributed by atoms with van der Waals surface area (Å²) in [6.45, 7) is 6.20. The fourth-order valence-corrected chi connectivity index (χ4v) is 3.59. The van der Waals surface area contributed by atoms with Crippen molar-refractivity contribution >= 4 is 48.0 Å². The first-order valence-corrected chi connectivity index (χ1v) is 9.68. The van der Waals surface area contributed by atoms with Crippen LogP contribution < -0.4 is 5.73 Å². The molecule has 1 aromatic carbocycles. The minimum atomic E-state index is -0.968. The summed E-state index contributed by atoms with van der Waals surface area (Å²) in [5.41, 5.74) is 5.14. The molecule has 1 aromatic heterocycles. The molecule has 1 aliphatic heterocycles. The van der Waals surface area contributed by atoms with Crippen LogP contribution in [0.2, 0.25) is 0 Å². The van der Waals surface area contributed by atoms with Crippen LogP contribution in [0.1, 0.15) is 44.1 Å². The van der Waals surface area contributed by atoms with Gasteiger partial charge in [0.1, 0.15) is 0 Å². The van der Waals surface area contributed by atoms with Crippen molar-refractivity contribution in [3.05, 3.63) is 58.3 Å². The molecule has 3 rings (SSSR count). The predicted molar refractivity (Wildman–Crippen MR) is 119 cm³/mol. The van der Waals surface area contributed by atoms with Crippen molar-refractivity contribution in [1.29, 1.82) is 0 Å². The summed E-state index contributed by atoms with van der Waals surface area (Å²) in [5, 5.41) is 8.13. The maximum Gasteiger partial charge on any atom is 0.251 e. The van der Waals surface area contributed by atoms with Gasteiger partial charge in [0.25, 0.3) is 11.8 Å². The van der Waals surface area contributed by atoms with Crippen molar-refractivity contribution in [3.8, 4) is 0 Å². The second-order valence-corrected chi connectivity index (χ2v) is 8.34. The molecule has 2 heterocycles. The third-order valence-corrected chi connectivity index (χ3v) is 5.17. The van der Waals surface area contributed by atoms with Gasteiger partial charge in [0.15, 0.2) is 0 Å². The Labute approximate surface area is 182 Å². The average Bonchev–Trinajstić information content (AvgIpc) is 3.27. The second kappa shape index (κ2) is 9.74. The lowest BCUT2D eigenvalue weighted by molar-refractivity contribution is -0.161. The molecule has 0 aliphatic carbocycles. The van der Waals surface area contributed by atoms with E-state index in [1.807, 2.05) is 68.6 Å². The van der Waals surface area contributed by atoms with Gasteiger partial charge in [-0.1, -0.05) is 57.2 Å². The van der Waals surface area contributed by atoms with E-state index in [1.165, 1.54) is 5.01 Å². The molecule has 1 aliphatic rings. The molecule has 154 valence electrons. The maximum absolute atomic E-state index is 13.2. The number of amides is 1. The summed E-state index contributed by atoms with van der Waals surface area (Å²) in [6, 6.07) is 13.7. The van der Waals surface area contributed by atoms with E-state index in [9.17, 15) is 4.79 Å². The summed E-state index contributed by atoms with van der Waals surface area (Å²) in [5.74, 6) is 0.406. The number of ether oxygens (including phenoxy) is 1. The highest BCUT2D eigenvalue weighted by Gasteiger charge is 2.51. The molecule has 2 aromatic rings. The molecule has 0 fully saturated rings. The minimum absolute atomic E-state index is 0. The summed E-state index contributed by atoms with van der Waals surface area (Å²) < 4.78 is 6.42. The number of thiophene rings is 1. The van der Waals surface area contributed by atoms with Crippen molar-refractivity contribution in [2.45, 2.75) is 39.3 Å². The first kappa shape index (κ1) is 24.4. The highest BCUT2D eigenvalue weighted by molar-refractivity contribution is 7.12. The van der Waals surface area contributed by atoms with Crippen LogP contribution in [0.25, 0.3) is 0 Å². The Morgan fingerprint density at radius 2 is 1.86 bits per heavy atom. The van der Waals surface area contributed by atoms with Crippen LogP contribution in [-0.4, -0.2) is 23.4 Å². The molecule has 5 nitrogen and oxygen atoms in total. The van der Waals surface area contributed by atoms with Crippen LogP contribution in [0.5, 0.6) is 0 Å². The number of carbonyl (C=O) groups is 1. The number of nitrogens with zero attached hydrogens (tertiary/aromatic N) is 2. The van der Waals surface area contributed by atoms with Gasteiger partial charge in [0, 0.05) is 17.4 Å². The van der Waals surface area contributed by atoms with Crippen LogP contribution in [0.4, 0.5) is 0 Å². The molecule has 28 heavy (non-hydrogen) atoms. The van der Waals surface area contributed by atoms with Crippen molar-refractivity contribution in [3.63, 3.8) is 0 Å². The zero-order valence-electron chi connectivity index (χ0n) is 16.3. The van der Waals surface area contributed by atoms with Crippen molar-refractivity contribution < 1.29 is 9.53 Å². The van der Waals surface area contributed by atoms with Gasteiger partial charge in [0.2, 0.25) is 5.72 Å². The monoisotopic (exact) mass is 443 g/mol. The lowest BCUT2D eigenvalue weighted by atomic mass is 9.91. The zero-order valence-corrected chi connectivity index (χ0v) is 18.7. The molecule has 0 saturated heterocycles. The van der Waals surface area contributed by atoms with Crippen molar-refractivity contribution in [2.24, 2.45) is 16.3 Å². The Hall–Kier alpha value is -1.60. The molecule has 1 unspecified atom stereocenters. The molecule has 0 saturated carbocycles. The number of nitrogens with two attached hydrogens (primary N) is 1. The molecule has 0 spiro atoms.